The Morgan fingerprint density at radius 3 is 1.23 bits per heavy atom. The average Bonchev–Trinajstić information content (AvgIpc) is 2.86. The lowest BCUT2D eigenvalue weighted by Gasteiger charge is -2.22. The smallest absolute Gasteiger partial charge is 0.336 e. The van der Waals surface area contributed by atoms with E-state index in [-0.39, 0.29) is 27.8 Å². The van der Waals surface area contributed by atoms with E-state index >= 15 is 0 Å². The Bertz CT molecular complexity index is 1960. The van der Waals surface area contributed by atoms with Crippen molar-refractivity contribution in [2.45, 2.75) is 14.7 Å². The Morgan fingerprint density at radius 2 is 0.821 bits per heavy atom. The van der Waals surface area contributed by atoms with E-state index in [9.17, 15) is 48.8 Å². The molecule has 11 nitrogen and oxygen atoms in total. The Labute approximate surface area is 223 Å². The van der Waals surface area contributed by atoms with Crippen LogP contribution in [-0.2, 0) is 30.4 Å². The van der Waals surface area contributed by atoms with E-state index in [0.717, 1.165) is 30.3 Å². The minimum absolute atomic E-state index is 0.135. The first-order chi connectivity index (χ1) is 18.1. The number of benzene rings is 4. The molecule has 202 valence electrons. The van der Waals surface area contributed by atoms with Gasteiger partial charge in [0, 0.05) is 22.3 Å². The van der Waals surface area contributed by atoms with Crippen LogP contribution in [0.25, 0.3) is 33.4 Å². The van der Waals surface area contributed by atoms with Crippen LogP contribution in [0.5, 0.6) is 0 Å². The molecule has 4 aromatic rings. The van der Waals surface area contributed by atoms with Gasteiger partial charge in [-0.3, -0.25) is 13.7 Å². The molecule has 0 aliphatic heterocycles. The van der Waals surface area contributed by atoms with Gasteiger partial charge < -0.3 is 5.11 Å². The van der Waals surface area contributed by atoms with Gasteiger partial charge >= 0.3 is 5.97 Å². The van der Waals surface area contributed by atoms with Crippen molar-refractivity contribution in [2.24, 2.45) is 0 Å². The molecular weight excluding hydrogens is 572 g/mol. The minimum Gasteiger partial charge on any atom is -0.478 e. The van der Waals surface area contributed by atoms with Crippen molar-refractivity contribution in [1.82, 2.24) is 0 Å². The molecule has 0 radical (unpaired) electrons. The summed E-state index contributed by atoms with van der Waals surface area (Å²) in [6.45, 7) is 0. The van der Waals surface area contributed by atoms with E-state index in [4.69, 9.17) is 0 Å². The van der Waals surface area contributed by atoms with Gasteiger partial charge in [0.05, 0.1) is 5.56 Å². The number of carbonyl (C=O) groups is 1. The van der Waals surface area contributed by atoms with Crippen LogP contribution in [0.4, 0.5) is 0 Å². The van der Waals surface area contributed by atoms with Crippen LogP contribution in [0.1, 0.15) is 10.4 Å². The molecule has 0 amide bonds. The van der Waals surface area contributed by atoms with Crippen LogP contribution < -0.4 is 0 Å². The zero-order chi connectivity index (χ0) is 28.8. The largest absolute Gasteiger partial charge is 0.478 e. The average molecular weight is 591 g/mol. The van der Waals surface area contributed by atoms with Gasteiger partial charge in [-0.15, -0.1) is 0 Å². The first-order valence-corrected chi connectivity index (χ1v) is 15.1. The number of hydrogen-bond donors (Lipinski definition) is 4. The highest BCUT2D eigenvalue weighted by molar-refractivity contribution is 7.86. The highest BCUT2D eigenvalue weighted by Crippen LogP contribution is 2.46. The fraction of sp³-hybridized carbons (Fsp3) is 0. The summed E-state index contributed by atoms with van der Waals surface area (Å²) in [6, 6.07) is 16.8. The fourth-order valence-electron chi connectivity index (χ4n) is 4.28. The van der Waals surface area contributed by atoms with E-state index in [0.29, 0.717) is 0 Å². The third-order valence-corrected chi connectivity index (χ3v) is 8.49. The molecule has 0 aromatic heterocycles. The Kier molecular flexibility index (Phi) is 7.20. The number of rotatable bonds is 7. The van der Waals surface area contributed by atoms with Crippen molar-refractivity contribution in [2.75, 3.05) is 0 Å². The van der Waals surface area contributed by atoms with Crippen LogP contribution in [0.2, 0.25) is 0 Å². The lowest BCUT2D eigenvalue weighted by atomic mass is 9.84. The molecule has 0 aliphatic rings. The van der Waals surface area contributed by atoms with Gasteiger partial charge in [-0.25, -0.2) is 4.79 Å². The highest BCUT2D eigenvalue weighted by Gasteiger charge is 2.30. The highest BCUT2D eigenvalue weighted by atomic mass is 32.2. The summed E-state index contributed by atoms with van der Waals surface area (Å²) in [6.07, 6.45) is 0. The van der Waals surface area contributed by atoms with Gasteiger partial charge in [-0.2, -0.15) is 25.3 Å². The quantitative estimate of drug-likeness (QED) is 0.226. The van der Waals surface area contributed by atoms with E-state index in [1.165, 1.54) is 54.6 Å². The van der Waals surface area contributed by atoms with E-state index in [1.54, 1.807) is 0 Å². The van der Waals surface area contributed by atoms with Crippen molar-refractivity contribution in [1.29, 1.82) is 0 Å². The summed E-state index contributed by atoms with van der Waals surface area (Å²) in [5.41, 5.74) is -2.26. The zero-order valence-corrected chi connectivity index (χ0v) is 21.9. The maximum Gasteiger partial charge on any atom is 0.336 e. The third-order valence-electron chi connectivity index (χ3n) is 5.76. The molecule has 0 aliphatic carbocycles. The van der Waals surface area contributed by atoms with Crippen LogP contribution in [0, 0.1) is 0 Å². The molecule has 0 heterocycles. The van der Waals surface area contributed by atoms with Gasteiger partial charge in [0.1, 0.15) is 14.7 Å². The lowest BCUT2D eigenvalue weighted by Crippen LogP contribution is -2.09. The molecule has 4 aromatic carbocycles. The van der Waals surface area contributed by atoms with E-state index in [1.807, 2.05) is 0 Å². The molecule has 0 unspecified atom stereocenters. The first kappa shape index (κ1) is 28.1. The summed E-state index contributed by atoms with van der Waals surface area (Å²) >= 11 is 0. The van der Waals surface area contributed by atoms with Crippen molar-refractivity contribution in [3.05, 3.63) is 90.5 Å². The Morgan fingerprint density at radius 1 is 0.462 bits per heavy atom. The molecule has 0 bridgehead atoms. The summed E-state index contributed by atoms with van der Waals surface area (Å²) in [4.78, 5) is 10.3. The number of hydrogen-bond acceptors (Lipinski definition) is 7. The molecule has 0 saturated carbocycles. The van der Waals surface area contributed by atoms with Crippen molar-refractivity contribution in [3.8, 4) is 33.4 Å². The second kappa shape index (κ2) is 10.00. The van der Waals surface area contributed by atoms with Gasteiger partial charge in [-0.1, -0.05) is 60.7 Å². The van der Waals surface area contributed by atoms with Gasteiger partial charge in [0.25, 0.3) is 30.4 Å². The Hall–Kier alpha value is -3.92. The normalized spacial score (nSPS) is 12.3. The predicted molar refractivity (Wildman–Crippen MR) is 139 cm³/mol. The second-order valence-electron chi connectivity index (χ2n) is 8.13. The molecule has 14 heteroatoms. The third kappa shape index (κ3) is 5.47. The fourth-order valence-corrected chi connectivity index (χ4v) is 6.38. The maximum atomic E-state index is 12.4. The van der Waals surface area contributed by atoms with Crippen LogP contribution in [-0.4, -0.2) is 50.0 Å². The molecule has 39 heavy (non-hydrogen) atoms. The molecule has 0 atom stereocenters. The SMILES string of the molecule is O=C(O)c1ccc(-c2ccccc2S(=O)(=O)O)c(-c2ccccc2S(=O)(=O)O)c1-c1ccccc1S(=O)(=O)O. The Balaban J connectivity index is 2.37. The first-order valence-electron chi connectivity index (χ1n) is 10.7. The number of aromatic carboxylic acids is 1. The van der Waals surface area contributed by atoms with E-state index < -0.39 is 62.1 Å². The molecule has 0 spiro atoms. The van der Waals surface area contributed by atoms with Crippen LogP contribution >= 0.6 is 0 Å². The van der Waals surface area contributed by atoms with Gasteiger partial charge in [0.2, 0.25) is 0 Å². The number of carboxylic acid groups (broad SMARTS) is 1. The molecule has 4 rings (SSSR count). The molecule has 0 saturated heterocycles. The van der Waals surface area contributed by atoms with Crippen molar-refractivity contribution < 1.29 is 48.8 Å². The monoisotopic (exact) mass is 590 g/mol. The van der Waals surface area contributed by atoms with E-state index in [2.05, 4.69) is 0 Å². The van der Waals surface area contributed by atoms with Crippen molar-refractivity contribution in [3.63, 3.8) is 0 Å². The summed E-state index contributed by atoms with van der Waals surface area (Å²) < 4.78 is 104. The number of carboxylic acids is 1. The standard InChI is InChI=1S/C25H18O11S3/c26-25(27)19-14-13-16(15-7-1-4-10-20(15)37(28,29)30)23(17-8-2-5-11-21(17)38(31,32)33)24(19)18-9-3-6-12-22(18)39(34,35)36/h1-14H,(H,26,27)(H,28,29,30)(H,31,32,33)(H,34,35,36). The predicted octanol–water partition coefficient (Wildman–Crippen LogP) is 4.13. The maximum absolute atomic E-state index is 12.4. The molecule has 0 fully saturated rings. The van der Waals surface area contributed by atoms with Crippen LogP contribution in [0.3, 0.4) is 0 Å². The zero-order valence-electron chi connectivity index (χ0n) is 19.5. The molecular formula is C25H18O11S3. The topological polar surface area (TPSA) is 200 Å². The molecule has 4 N–H and O–H groups in total. The van der Waals surface area contributed by atoms with Gasteiger partial charge in [0.15, 0.2) is 0 Å². The van der Waals surface area contributed by atoms with Gasteiger partial charge in [-0.05, 0) is 35.4 Å². The van der Waals surface area contributed by atoms with Crippen molar-refractivity contribution >= 4 is 36.3 Å². The minimum atomic E-state index is -4.97. The summed E-state index contributed by atoms with van der Waals surface area (Å²) in [5, 5.41) is 10.1. The second-order valence-corrected chi connectivity index (χ2v) is 12.3. The summed E-state index contributed by atoms with van der Waals surface area (Å²) in [5.74, 6) is -1.57. The lowest BCUT2D eigenvalue weighted by molar-refractivity contribution is 0.0697. The summed E-state index contributed by atoms with van der Waals surface area (Å²) in [7, 11) is -14.8. The van der Waals surface area contributed by atoms with Crippen LogP contribution in [0.15, 0.2) is 99.6 Å².